The molecule has 1 aliphatic rings. The van der Waals surface area contributed by atoms with E-state index in [-0.39, 0.29) is 31.0 Å². The first-order valence-corrected chi connectivity index (χ1v) is 14.5. The Hall–Kier alpha value is -4.28. The molecule has 1 aliphatic heterocycles. The van der Waals surface area contributed by atoms with E-state index in [1.807, 2.05) is 32.9 Å². The summed E-state index contributed by atoms with van der Waals surface area (Å²) >= 11 is 0. The Labute approximate surface area is 251 Å². The standard InChI is InChI=1S/C32H39FN4O6/c1-6-42-29(39)18-23(22-10-12-28(41-5)26(33)16-22)17-27(38)24-19-34-36(20-24)15-13-25-11-9-21-8-7-14-37(30(21)35-25)31(40)43-32(2,3)4/h9-12,16,19-20,23H,6-8,13-15,17-18H2,1-5H3/t23-/m0/s1. The highest BCUT2D eigenvalue weighted by Gasteiger charge is 2.29. The number of ether oxygens (including phenoxy) is 3. The van der Waals surface area contributed by atoms with Gasteiger partial charge in [-0.3, -0.25) is 19.2 Å². The Kier molecular flexibility index (Phi) is 10.2. The number of carbonyl (C=O) groups is 3. The average molecular weight is 595 g/mol. The van der Waals surface area contributed by atoms with Crippen molar-refractivity contribution in [3.63, 3.8) is 0 Å². The summed E-state index contributed by atoms with van der Waals surface area (Å²) in [6.45, 7) is 8.43. The molecule has 2 aromatic heterocycles. The van der Waals surface area contributed by atoms with E-state index in [9.17, 15) is 18.8 Å². The molecule has 0 saturated carbocycles. The number of carbonyl (C=O) groups excluding carboxylic acids is 3. The van der Waals surface area contributed by atoms with Gasteiger partial charge in [0.2, 0.25) is 0 Å². The minimum absolute atomic E-state index is 0.0246. The van der Waals surface area contributed by atoms with Gasteiger partial charge < -0.3 is 14.2 Å². The van der Waals surface area contributed by atoms with Crippen molar-refractivity contribution < 1.29 is 33.0 Å². The van der Waals surface area contributed by atoms with E-state index in [0.717, 1.165) is 24.1 Å². The lowest BCUT2D eigenvalue weighted by molar-refractivity contribution is -0.143. The molecule has 1 atom stereocenters. The number of halogens is 1. The molecule has 0 aliphatic carbocycles. The number of fused-ring (bicyclic) bond motifs is 1. The number of methoxy groups -OCH3 is 1. The van der Waals surface area contributed by atoms with Crippen LogP contribution in [0.4, 0.5) is 15.0 Å². The Morgan fingerprint density at radius 1 is 1.12 bits per heavy atom. The van der Waals surface area contributed by atoms with Gasteiger partial charge in [0, 0.05) is 43.7 Å². The van der Waals surface area contributed by atoms with Crippen molar-refractivity contribution in [3.8, 4) is 5.75 Å². The topological polar surface area (TPSA) is 113 Å². The third kappa shape index (κ3) is 8.39. The summed E-state index contributed by atoms with van der Waals surface area (Å²) in [4.78, 5) is 44.7. The molecule has 0 bridgehead atoms. The van der Waals surface area contributed by atoms with Crippen molar-refractivity contribution in [2.24, 2.45) is 0 Å². The summed E-state index contributed by atoms with van der Waals surface area (Å²) in [7, 11) is 1.37. The number of hydrogen-bond acceptors (Lipinski definition) is 8. The third-order valence-electron chi connectivity index (χ3n) is 7.06. The predicted molar refractivity (Wildman–Crippen MR) is 158 cm³/mol. The van der Waals surface area contributed by atoms with Crippen LogP contribution in [-0.2, 0) is 33.7 Å². The van der Waals surface area contributed by atoms with Crippen LogP contribution in [0.2, 0.25) is 0 Å². The molecule has 10 nitrogen and oxygen atoms in total. The normalized spacial score (nSPS) is 13.7. The number of aromatic nitrogens is 3. The zero-order chi connectivity index (χ0) is 31.1. The number of pyridine rings is 1. The molecule has 1 aromatic carbocycles. The fourth-order valence-electron chi connectivity index (χ4n) is 4.98. The van der Waals surface area contributed by atoms with Crippen molar-refractivity contribution in [2.75, 3.05) is 25.2 Å². The minimum atomic E-state index is -0.606. The van der Waals surface area contributed by atoms with E-state index in [4.69, 9.17) is 19.2 Å². The van der Waals surface area contributed by atoms with Gasteiger partial charge >= 0.3 is 12.1 Å². The number of rotatable bonds is 11. The molecule has 4 rings (SSSR count). The van der Waals surface area contributed by atoms with Gasteiger partial charge in [0.1, 0.15) is 11.4 Å². The van der Waals surface area contributed by atoms with Crippen LogP contribution < -0.4 is 9.64 Å². The average Bonchev–Trinajstić information content (AvgIpc) is 3.44. The van der Waals surface area contributed by atoms with Crippen LogP contribution in [0.5, 0.6) is 5.75 Å². The molecule has 0 spiro atoms. The molecule has 3 aromatic rings. The second-order valence-electron chi connectivity index (χ2n) is 11.5. The molecular formula is C32H39FN4O6. The van der Waals surface area contributed by atoms with Crippen molar-refractivity contribution >= 4 is 23.7 Å². The lowest BCUT2D eigenvalue weighted by Crippen LogP contribution is -2.40. The van der Waals surface area contributed by atoms with Crippen LogP contribution in [-0.4, -0.2) is 58.5 Å². The van der Waals surface area contributed by atoms with Crippen LogP contribution in [0.3, 0.4) is 0 Å². The first-order valence-electron chi connectivity index (χ1n) is 14.5. The number of nitrogens with zero attached hydrogens (tertiary/aromatic N) is 4. The number of hydrogen-bond donors (Lipinski definition) is 0. The van der Waals surface area contributed by atoms with Gasteiger partial charge in [-0.2, -0.15) is 5.10 Å². The summed E-state index contributed by atoms with van der Waals surface area (Å²) in [5, 5.41) is 4.35. The van der Waals surface area contributed by atoms with Crippen LogP contribution >= 0.6 is 0 Å². The highest BCUT2D eigenvalue weighted by Crippen LogP contribution is 2.30. The molecule has 230 valence electrons. The fraction of sp³-hybridized carbons (Fsp3) is 0.469. The maximum absolute atomic E-state index is 14.4. The number of amides is 1. The zero-order valence-corrected chi connectivity index (χ0v) is 25.4. The van der Waals surface area contributed by atoms with Crippen molar-refractivity contribution in [2.45, 2.75) is 77.9 Å². The summed E-state index contributed by atoms with van der Waals surface area (Å²) in [6, 6.07) is 8.36. The quantitative estimate of drug-likeness (QED) is 0.206. The summed E-state index contributed by atoms with van der Waals surface area (Å²) in [5.74, 6) is -1.14. The SMILES string of the molecule is CCOC(=O)C[C@H](CC(=O)c1cnn(CCc2ccc3c(n2)N(C(=O)OC(C)(C)C)CCC3)c1)c1ccc(OC)c(F)c1. The first-order chi connectivity index (χ1) is 20.5. The molecule has 1 amide bonds. The van der Waals surface area contributed by atoms with Crippen LogP contribution in [0.15, 0.2) is 42.7 Å². The number of anilines is 1. The number of ketones is 1. The van der Waals surface area contributed by atoms with Gasteiger partial charge in [0.15, 0.2) is 17.3 Å². The monoisotopic (exact) mass is 594 g/mol. The largest absolute Gasteiger partial charge is 0.494 e. The summed E-state index contributed by atoms with van der Waals surface area (Å²) in [6.07, 6.45) is 4.85. The molecule has 0 radical (unpaired) electrons. The van der Waals surface area contributed by atoms with Gasteiger partial charge in [0.25, 0.3) is 0 Å². The second kappa shape index (κ2) is 13.8. The number of aryl methyl sites for hydroxylation is 3. The van der Waals surface area contributed by atoms with Gasteiger partial charge in [-0.05, 0) is 69.9 Å². The molecule has 0 saturated heterocycles. The first kappa shape index (κ1) is 31.7. The number of esters is 1. The van der Waals surface area contributed by atoms with Gasteiger partial charge in [-0.25, -0.2) is 14.2 Å². The molecule has 43 heavy (non-hydrogen) atoms. The molecule has 3 heterocycles. The lowest BCUT2D eigenvalue weighted by atomic mass is 9.89. The molecule has 0 fully saturated rings. The van der Waals surface area contributed by atoms with Crippen molar-refractivity contribution in [3.05, 3.63) is 70.9 Å². The van der Waals surface area contributed by atoms with E-state index < -0.39 is 29.4 Å². The third-order valence-corrected chi connectivity index (χ3v) is 7.06. The Balaban J connectivity index is 1.43. The Morgan fingerprint density at radius 2 is 1.91 bits per heavy atom. The van der Waals surface area contributed by atoms with E-state index >= 15 is 0 Å². The molecule has 0 N–H and O–H groups in total. The van der Waals surface area contributed by atoms with E-state index in [2.05, 4.69) is 5.10 Å². The van der Waals surface area contributed by atoms with Crippen LogP contribution in [0, 0.1) is 5.82 Å². The number of benzene rings is 1. The second-order valence-corrected chi connectivity index (χ2v) is 11.5. The van der Waals surface area contributed by atoms with E-state index in [0.29, 0.717) is 36.5 Å². The highest BCUT2D eigenvalue weighted by atomic mass is 19.1. The molecule has 11 heteroatoms. The van der Waals surface area contributed by atoms with Crippen molar-refractivity contribution in [1.29, 1.82) is 0 Å². The highest BCUT2D eigenvalue weighted by molar-refractivity contribution is 5.96. The fourth-order valence-corrected chi connectivity index (χ4v) is 4.98. The Bertz CT molecular complexity index is 1460. The van der Waals surface area contributed by atoms with Crippen LogP contribution in [0.25, 0.3) is 0 Å². The van der Waals surface area contributed by atoms with Gasteiger partial charge in [-0.15, -0.1) is 0 Å². The summed E-state index contributed by atoms with van der Waals surface area (Å²) < 4.78 is 31.8. The smallest absolute Gasteiger partial charge is 0.416 e. The van der Waals surface area contributed by atoms with Gasteiger partial charge in [-0.1, -0.05) is 12.1 Å². The Morgan fingerprint density at radius 3 is 2.60 bits per heavy atom. The predicted octanol–water partition coefficient (Wildman–Crippen LogP) is 5.67. The lowest BCUT2D eigenvalue weighted by Gasteiger charge is -2.31. The van der Waals surface area contributed by atoms with Gasteiger partial charge in [0.05, 0.1) is 31.9 Å². The maximum atomic E-state index is 14.4. The van der Waals surface area contributed by atoms with E-state index in [1.165, 1.54) is 25.4 Å². The molecular weight excluding hydrogens is 555 g/mol. The summed E-state index contributed by atoms with van der Waals surface area (Å²) in [5.41, 5.74) is 2.07. The zero-order valence-electron chi connectivity index (χ0n) is 25.4. The maximum Gasteiger partial charge on any atom is 0.416 e. The number of Topliss-reactive ketones (excluding diaryl/α,β-unsaturated/α-hetero) is 1. The molecule has 0 unspecified atom stereocenters. The van der Waals surface area contributed by atoms with Crippen LogP contribution in [0.1, 0.15) is 80.1 Å². The minimum Gasteiger partial charge on any atom is -0.494 e. The van der Waals surface area contributed by atoms with Crippen molar-refractivity contribution in [1.82, 2.24) is 14.8 Å². The van der Waals surface area contributed by atoms with E-state index in [1.54, 1.807) is 28.8 Å².